The molecule has 1 N–H and O–H groups in total. The van der Waals surface area contributed by atoms with E-state index in [1.807, 2.05) is 31.3 Å². The lowest BCUT2D eigenvalue weighted by Crippen LogP contribution is -2.17. The fourth-order valence-electron chi connectivity index (χ4n) is 3.94. The van der Waals surface area contributed by atoms with Crippen LogP contribution < -0.4 is 9.64 Å². The van der Waals surface area contributed by atoms with E-state index in [4.69, 9.17) is 16.3 Å². The quantitative estimate of drug-likeness (QED) is 0.552. The Hall–Kier alpha value is -3.05. The molecule has 0 saturated carbocycles. The first-order chi connectivity index (χ1) is 14.5. The maximum atomic E-state index is 11.4. The van der Waals surface area contributed by atoms with Gasteiger partial charge in [0.25, 0.3) is 0 Å². The molecule has 6 heteroatoms. The van der Waals surface area contributed by atoms with Gasteiger partial charge in [0.1, 0.15) is 5.75 Å². The summed E-state index contributed by atoms with van der Waals surface area (Å²) in [5.74, 6) is 0.314. The third-order valence-electron chi connectivity index (χ3n) is 5.66. The highest BCUT2D eigenvalue weighted by Gasteiger charge is 2.23. The molecule has 0 bridgehead atoms. The number of aryl methyl sites for hydroxylation is 1. The number of carboxylic acids is 1. The zero-order valence-electron chi connectivity index (χ0n) is 16.7. The van der Waals surface area contributed by atoms with Crippen molar-refractivity contribution in [3.8, 4) is 5.75 Å². The predicted molar refractivity (Wildman–Crippen MR) is 118 cm³/mol. The SMILES string of the molecule is CN(c1ccc(Cl)cc1)c1ccc2c(c1)OCC[C@H]2CCc1cnccc1C(=O)O. The summed E-state index contributed by atoms with van der Waals surface area (Å²) in [6, 6.07) is 15.6. The number of fused-ring (bicyclic) bond motifs is 1. The first-order valence-electron chi connectivity index (χ1n) is 9.95. The van der Waals surface area contributed by atoms with Gasteiger partial charge in [-0.3, -0.25) is 4.98 Å². The lowest BCUT2D eigenvalue weighted by Gasteiger charge is -2.28. The van der Waals surface area contributed by atoms with Crippen LogP contribution in [0, 0.1) is 0 Å². The van der Waals surface area contributed by atoms with Crippen molar-refractivity contribution in [2.24, 2.45) is 0 Å². The van der Waals surface area contributed by atoms with E-state index in [9.17, 15) is 9.90 Å². The number of aromatic carboxylic acids is 1. The molecule has 0 fully saturated rings. The van der Waals surface area contributed by atoms with Gasteiger partial charge in [0, 0.05) is 41.9 Å². The molecule has 4 rings (SSSR count). The van der Waals surface area contributed by atoms with E-state index in [0.717, 1.165) is 35.5 Å². The first-order valence-corrected chi connectivity index (χ1v) is 10.3. The first kappa shape index (κ1) is 20.2. The van der Waals surface area contributed by atoms with Gasteiger partial charge in [-0.15, -0.1) is 0 Å². The Labute approximate surface area is 180 Å². The largest absolute Gasteiger partial charge is 0.493 e. The standard InChI is InChI=1S/C24H23ClN2O3/c1-27(19-6-4-18(25)5-7-19)20-8-9-21-16(11-13-30-23(21)14-20)2-3-17-15-26-12-10-22(17)24(28)29/h4-10,12,14-16H,2-3,11,13H2,1H3,(H,28,29)/t16-/m1/s1. The van der Waals surface area contributed by atoms with E-state index >= 15 is 0 Å². The van der Waals surface area contributed by atoms with Crippen molar-refractivity contribution < 1.29 is 14.6 Å². The van der Waals surface area contributed by atoms with E-state index in [0.29, 0.717) is 29.5 Å². The number of pyridine rings is 1. The zero-order chi connectivity index (χ0) is 21.1. The summed E-state index contributed by atoms with van der Waals surface area (Å²) in [6.45, 7) is 0.657. The van der Waals surface area contributed by atoms with E-state index in [1.54, 1.807) is 12.3 Å². The molecular formula is C24H23ClN2O3. The summed E-state index contributed by atoms with van der Waals surface area (Å²) in [5, 5.41) is 10.1. The molecule has 2 aromatic carbocycles. The average molecular weight is 423 g/mol. The molecule has 0 spiro atoms. The number of anilines is 2. The molecule has 0 aliphatic carbocycles. The summed E-state index contributed by atoms with van der Waals surface area (Å²) >= 11 is 6.00. The molecule has 2 heterocycles. The minimum absolute atomic E-state index is 0.325. The molecule has 154 valence electrons. The van der Waals surface area contributed by atoms with Gasteiger partial charge in [0.05, 0.1) is 12.2 Å². The fourth-order valence-corrected chi connectivity index (χ4v) is 4.06. The van der Waals surface area contributed by atoms with Crippen molar-refractivity contribution in [1.82, 2.24) is 4.98 Å². The van der Waals surface area contributed by atoms with Crippen LogP contribution >= 0.6 is 11.6 Å². The van der Waals surface area contributed by atoms with Crippen molar-refractivity contribution in [3.63, 3.8) is 0 Å². The summed E-state index contributed by atoms with van der Waals surface area (Å²) in [6.07, 6.45) is 5.63. The summed E-state index contributed by atoms with van der Waals surface area (Å²) in [7, 11) is 2.01. The maximum absolute atomic E-state index is 11.4. The van der Waals surface area contributed by atoms with E-state index in [1.165, 1.54) is 11.8 Å². The molecule has 30 heavy (non-hydrogen) atoms. The van der Waals surface area contributed by atoms with Crippen LogP contribution in [0.4, 0.5) is 11.4 Å². The minimum Gasteiger partial charge on any atom is -0.493 e. The van der Waals surface area contributed by atoms with E-state index in [-0.39, 0.29) is 0 Å². The lowest BCUT2D eigenvalue weighted by atomic mass is 9.87. The highest BCUT2D eigenvalue weighted by Crippen LogP contribution is 2.39. The third-order valence-corrected chi connectivity index (χ3v) is 5.91. The topological polar surface area (TPSA) is 62.7 Å². The molecule has 1 aromatic heterocycles. The average Bonchev–Trinajstić information content (AvgIpc) is 2.77. The Morgan fingerprint density at radius 2 is 1.97 bits per heavy atom. The number of halogens is 1. The molecule has 5 nitrogen and oxygen atoms in total. The summed E-state index contributed by atoms with van der Waals surface area (Å²) in [5.41, 5.74) is 4.37. The highest BCUT2D eigenvalue weighted by molar-refractivity contribution is 6.30. The van der Waals surface area contributed by atoms with Crippen LogP contribution in [-0.2, 0) is 6.42 Å². The van der Waals surface area contributed by atoms with E-state index < -0.39 is 5.97 Å². The van der Waals surface area contributed by atoms with Gasteiger partial charge in [-0.2, -0.15) is 0 Å². The van der Waals surface area contributed by atoms with Crippen LogP contribution in [-0.4, -0.2) is 29.7 Å². The number of rotatable bonds is 6. The normalized spacial score (nSPS) is 15.2. The van der Waals surface area contributed by atoms with Crippen molar-refractivity contribution in [1.29, 1.82) is 0 Å². The molecule has 1 aliphatic heterocycles. The Bertz CT molecular complexity index is 1050. The molecule has 0 saturated heterocycles. The van der Waals surface area contributed by atoms with Crippen LogP contribution in [0.25, 0.3) is 0 Å². The van der Waals surface area contributed by atoms with Crippen molar-refractivity contribution in [3.05, 3.63) is 82.6 Å². The van der Waals surface area contributed by atoms with E-state index in [2.05, 4.69) is 28.1 Å². The van der Waals surface area contributed by atoms with Gasteiger partial charge in [0.15, 0.2) is 0 Å². The molecule has 1 aliphatic rings. The van der Waals surface area contributed by atoms with Gasteiger partial charge in [-0.1, -0.05) is 17.7 Å². The third kappa shape index (κ3) is 4.26. The van der Waals surface area contributed by atoms with Gasteiger partial charge in [-0.05, 0) is 72.7 Å². The monoisotopic (exact) mass is 422 g/mol. The molecule has 0 unspecified atom stereocenters. The molecule has 0 amide bonds. The number of hydrogen-bond donors (Lipinski definition) is 1. The number of nitrogens with zero attached hydrogens (tertiary/aromatic N) is 2. The van der Waals surface area contributed by atoms with Crippen molar-refractivity contribution in [2.75, 3.05) is 18.6 Å². The highest BCUT2D eigenvalue weighted by atomic mass is 35.5. The van der Waals surface area contributed by atoms with Crippen LogP contribution in [0.15, 0.2) is 60.9 Å². The smallest absolute Gasteiger partial charge is 0.336 e. The Balaban J connectivity index is 1.52. The Morgan fingerprint density at radius 1 is 1.20 bits per heavy atom. The molecule has 1 atom stereocenters. The predicted octanol–water partition coefficient (Wildman–Crippen LogP) is 5.70. The number of ether oxygens (including phenoxy) is 1. The van der Waals surface area contributed by atoms with Crippen LogP contribution in [0.1, 0.15) is 40.2 Å². The molecule has 3 aromatic rings. The minimum atomic E-state index is -0.908. The van der Waals surface area contributed by atoms with Gasteiger partial charge in [0.2, 0.25) is 0 Å². The van der Waals surface area contributed by atoms with Gasteiger partial charge >= 0.3 is 5.97 Å². The van der Waals surface area contributed by atoms with Gasteiger partial charge in [-0.25, -0.2) is 4.79 Å². The summed E-state index contributed by atoms with van der Waals surface area (Å²) in [4.78, 5) is 17.6. The Morgan fingerprint density at radius 3 is 2.73 bits per heavy atom. The fraction of sp³-hybridized carbons (Fsp3) is 0.250. The van der Waals surface area contributed by atoms with Crippen molar-refractivity contribution >= 4 is 28.9 Å². The van der Waals surface area contributed by atoms with Gasteiger partial charge < -0.3 is 14.7 Å². The molecular weight excluding hydrogens is 400 g/mol. The maximum Gasteiger partial charge on any atom is 0.336 e. The Kier molecular flexibility index (Phi) is 5.91. The number of hydrogen-bond acceptors (Lipinski definition) is 4. The second-order valence-electron chi connectivity index (χ2n) is 7.47. The number of carbonyl (C=O) groups is 1. The molecule has 0 radical (unpaired) electrons. The summed E-state index contributed by atoms with van der Waals surface area (Å²) < 4.78 is 5.96. The van der Waals surface area contributed by atoms with Crippen LogP contribution in [0.5, 0.6) is 5.75 Å². The second-order valence-corrected chi connectivity index (χ2v) is 7.90. The number of carboxylic acid groups (broad SMARTS) is 1. The number of benzene rings is 2. The van der Waals surface area contributed by atoms with Crippen LogP contribution in [0.3, 0.4) is 0 Å². The zero-order valence-corrected chi connectivity index (χ0v) is 17.5. The van der Waals surface area contributed by atoms with Crippen LogP contribution in [0.2, 0.25) is 5.02 Å². The number of aromatic nitrogens is 1. The lowest BCUT2D eigenvalue weighted by molar-refractivity contribution is 0.0695. The van der Waals surface area contributed by atoms with Crippen molar-refractivity contribution in [2.45, 2.75) is 25.2 Å². The second kappa shape index (κ2) is 8.76.